The summed E-state index contributed by atoms with van der Waals surface area (Å²) < 4.78 is 46.4. The third kappa shape index (κ3) is 5.35. The summed E-state index contributed by atoms with van der Waals surface area (Å²) in [6.07, 6.45) is -4.70. The van der Waals surface area contributed by atoms with Crippen molar-refractivity contribution in [1.82, 2.24) is 9.55 Å². The van der Waals surface area contributed by atoms with E-state index in [-0.39, 0.29) is 24.5 Å². The molecular weight excluding hydrogens is 385 g/mol. The van der Waals surface area contributed by atoms with Crippen LogP contribution < -0.4 is 4.74 Å². The number of nitrogens with zero attached hydrogens (tertiary/aromatic N) is 2. The van der Waals surface area contributed by atoms with Crippen LogP contribution in [0, 0.1) is 0 Å². The molecule has 1 heterocycles. The Labute approximate surface area is 165 Å². The number of Topliss-reactive ketones (excluding diaryl/α,β-unsaturated/α-hetero) is 1. The van der Waals surface area contributed by atoms with Crippen molar-refractivity contribution in [3.8, 4) is 5.75 Å². The number of ketones is 1. The van der Waals surface area contributed by atoms with E-state index in [9.17, 15) is 23.1 Å². The van der Waals surface area contributed by atoms with Crippen molar-refractivity contribution in [3.05, 3.63) is 59.9 Å². The van der Waals surface area contributed by atoms with Crippen LogP contribution in [0.4, 0.5) is 13.2 Å². The largest absolute Gasteiger partial charge is 0.491 e. The second-order valence-electron chi connectivity index (χ2n) is 6.84. The average Bonchev–Trinajstić information content (AvgIpc) is 3.04. The van der Waals surface area contributed by atoms with Gasteiger partial charge in [0, 0.05) is 6.42 Å². The van der Waals surface area contributed by atoms with Gasteiger partial charge in [-0.25, -0.2) is 4.98 Å². The van der Waals surface area contributed by atoms with Gasteiger partial charge in [-0.15, -0.1) is 0 Å². The summed E-state index contributed by atoms with van der Waals surface area (Å²) in [7, 11) is 0. The number of imidazole rings is 1. The first kappa shape index (κ1) is 20.9. The number of benzene rings is 2. The van der Waals surface area contributed by atoms with Crippen LogP contribution in [0.2, 0.25) is 0 Å². The molecule has 29 heavy (non-hydrogen) atoms. The molecule has 0 saturated carbocycles. The van der Waals surface area contributed by atoms with Crippen LogP contribution >= 0.6 is 0 Å². The Kier molecular flexibility index (Phi) is 6.22. The Morgan fingerprint density at radius 2 is 1.86 bits per heavy atom. The first-order valence-electron chi connectivity index (χ1n) is 9.16. The van der Waals surface area contributed by atoms with E-state index < -0.39 is 18.1 Å². The quantitative estimate of drug-likeness (QED) is 0.614. The molecule has 0 aliphatic carbocycles. The zero-order valence-electron chi connectivity index (χ0n) is 15.8. The second kappa shape index (κ2) is 8.65. The number of alkyl halides is 3. The number of aryl methyl sites for hydroxylation is 1. The summed E-state index contributed by atoms with van der Waals surface area (Å²) in [5.74, 6) is -0.451. The minimum absolute atomic E-state index is 0.110. The topological polar surface area (TPSA) is 64.3 Å². The fourth-order valence-electron chi connectivity index (χ4n) is 3.01. The zero-order chi connectivity index (χ0) is 21.0. The van der Waals surface area contributed by atoms with Crippen molar-refractivity contribution in [3.63, 3.8) is 0 Å². The number of hydrogen-bond donors (Lipinski definition) is 1. The van der Waals surface area contributed by atoms with Crippen LogP contribution in [-0.4, -0.2) is 33.2 Å². The SMILES string of the molecule is CC(=O)CCc1ccc(OCC(O)Cn2c(C(F)(F)F)nc3ccccc32)cc1. The van der Waals surface area contributed by atoms with E-state index in [0.29, 0.717) is 24.1 Å². The van der Waals surface area contributed by atoms with Gasteiger partial charge in [-0.2, -0.15) is 13.2 Å². The molecule has 3 aromatic rings. The first-order chi connectivity index (χ1) is 13.7. The summed E-state index contributed by atoms with van der Waals surface area (Å²) in [6, 6.07) is 13.3. The molecule has 0 bridgehead atoms. The lowest BCUT2D eigenvalue weighted by molar-refractivity contribution is -0.147. The number of carbonyl (C=O) groups excluding carboxylic acids is 1. The number of aliphatic hydroxyl groups excluding tert-OH is 1. The van der Waals surface area contributed by atoms with Crippen molar-refractivity contribution in [2.45, 2.75) is 38.6 Å². The van der Waals surface area contributed by atoms with Gasteiger partial charge >= 0.3 is 6.18 Å². The molecule has 0 fully saturated rings. The zero-order valence-corrected chi connectivity index (χ0v) is 15.8. The molecule has 0 spiro atoms. The normalized spacial score (nSPS) is 12.9. The molecule has 1 N–H and O–H groups in total. The Balaban J connectivity index is 1.65. The van der Waals surface area contributed by atoms with E-state index in [4.69, 9.17) is 4.74 Å². The highest BCUT2D eigenvalue weighted by Crippen LogP contribution is 2.31. The Hall–Kier alpha value is -2.87. The van der Waals surface area contributed by atoms with E-state index in [1.807, 2.05) is 12.1 Å². The molecule has 1 atom stereocenters. The molecule has 8 heteroatoms. The van der Waals surface area contributed by atoms with Crippen LogP contribution in [0.5, 0.6) is 5.75 Å². The molecule has 0 amide bonds. The molecule has 1 unspecified atom stereocenters. The van der Waals surface area contributed by atoms with Crippen LogP contribution in [0.25, 0.3) is 11.0 Å². The third-order valence-electron chi connectivity index (χ3n) is 4.43. The summed E-state index contributed by atoms with van der Waals surface area (Å²) in [6.45, 7) is 1.06. The molecule has 154 valence electrons. The Morgan fingerprint density at radius 1 is 1.17 bits per heavy atom. The maximum atomic E-state index is 13.3. The smallest absolute Gasteiger partial charge is 0.449 e. The van der Waals surface area contributed by atoms with E-state index in [1.54, 1.807) is 24.3 Å². The highest BCUT2D eigenvalue weighted by atomic mass is 19.4. The minimum Gasteiger partial charge on any atom is -0.491 e. The van der Waals surface area contributed by atoms with Gasteiger partial charge in [-0.05, 0) is 43.2 Å². The molecule has 5 nitrogen and oxygen atoms in total. The maximum Gasteiger partial charge on any atom is 0.449 e. The maximum absolute atomic E-state index is 13.3. The number of fused-ring (bicyclic) bond motifs is 1. The lowest BCUT2D eigenvalue weighted by Crippen LogP contribution is -2.26. The van der Waals surface area contributed by atoms with Gasteiger partial charge in [-0.3, -0.25) is 0 Å². The van der Waals surface area contributed by atoms with Crippen LogP contribution in [0.1, 0.15) is 24.7 Å². The summed E-state index contributed by atoms with van der Waals surface area (Å²) in [4.78, 5) is 14.7. The molecule has 3 rings (SSSR count). The lowest BCUT2D eigenvalue weighted by Gasteiger charge is -2.16. The van der Waals surface area contributed by atoms with Crippen LogP contribution in [-0.2, 0) is 23.9 Å². The van der Waals surface area contributed by atoms with E-state index in [2.05, 4.69) is 4.98 Å². The summed E-state index contributed by atoms with van der Waals surface area (Å²) in [5, 5.41) is 10.3. The fourth-order valence-corrected chi connectivity index (χ4v) is 3.01. The van der Waals surface area contributed by atoms with E-state index in [1.165, 1.54) is 19.1 Å². The van der Waals surface area contributed by atoms with Gasteiger partial charge in [0.2, 0.25) is 5.82 Å². The predicted molar refractivity (Wildman–Crippen MR) is 102 cm³/mol. The number of carbonyl (C=O) groups is 1. The lowest BCUT2D eigenvalue weighted by atomic mass is 10.1. The molecule has 0 aliphatic heterocycles. The van der Waals surface area contributed by atoms with Crippen molar-refractivity contribution in [2.24, 2.45) is 0 Å². The number of aliphatic hydroxyl groups is 1. The molecule has 2 aromatic carbocycles. The molecule has 0 radical (unpaired) electrons. The van der Waals surface area contributed by atoms with Crippen molar-refractivity contribution >= 4 is 16.8 Å². The minimum atomic E-state index is -4.63. The second-order valence-corrected chi connectivity index (χ2v) is 6.84. The predicted octanol–water partition coefficient (Wildman–Crippen LogP) is 4.02. The van der Waals surface area contributed by atoms with Crippen LogP contribution in [0.3, 0.4) is 0 Å². The van der Waals surface area contributed by atoms with Gasteiger partial charge in [-0.1, -0.05) is 24.3 Å². The van der Waals surface area contributed by atoms with Gasteiger partial charge < -0.3 is 19.2 Å². The highest BCUT2D eigenvalue weighted by molar-refractivity contribution is 5.76. The Bertz CT molecular complexity index is 981. The number of halogens is 3. The van der Waals surface area contributed by atoms with E-state index >= 15 is 0 Å². The highest BCUT2D eigenvalue weighted by Gasteiger charge is 2.37. The summed E-state index contributed by atoms with van der Waals surface area (Å²) >= 11 is 0. The third-order valence-corrected chi connectivity index (χ3v) is 4.43. The van der Waals surface area contributed by atoms with E-state index in [0.717, 1.165) is 10.1 Å². The first-order valence-corrected chi connectivity index (χ1v) is 9.16. The van der Waals surface area contributed by atoms with Crippen molar-refractivity contribution in [1.29, 1.82) is 0 Å². The molecule has 1 aromatic heterocycles. The van der Waals surface area contributed by atoms with Crippen molar-refractivity contribution in [2.75, 3.05) is 6.61 Å². The van der Waals surface area contributed by atoms with Gasteiger partial charge in [0.05, 0.1) is 17.6 Å². The average molecular weight is 406 g/mol. The fraction of sp³-hybridized carbons (Fsp3) is 0.333. The van der Waals surface area contributed by atoms with Gasteiger partial charge in [0.1, 0.15) is 24.2 Å². The number of hydrogen-bond acceptors (Lipinski definition) is 4. The summed E-state index contributed by atoms with van der Waals surface area (Å²) in [5.41, 5.74) is 1.50. The van der Waals surface area contributed by atoms with Gasteiger partial charge in [0.25, 0.3) is 0 Å². The van der Waals surface area contributed by atoms with Crippen LogP contribution in [0.15, 0.2) is 48.5 Å². The molecule has 0 aliphatic rings. The Morgan fingerprint density at radius 3 is 2.52 bits per heavy atom. The number of aromatic nitrogens is 2. The number of ether oxygens (including phenoxy) is 1. The van der Waals surface area contributed by atoms with Crippen molar-refractivity contribution < 1.29 is 27.8 Å². The number of rotatable bonds is 8. The standard InChI is InChI=1S/C21H21F3N2O3/c1-14(27)6-7-15-8-10-17(11-9-15)29-13-16(28)12-26-19-5-3-2-4-18(19)25-20(26)21(22,23)24/h2-5,8-11,16,28H,6-7,12-13H2,1H3. The number of para-hydroxylation sites is 2. The van der Waals surface area contributed by atoms with Gasteiger partial charge in [0.15, 0.2) is 0 Å². The molecular formula is C21H21F3N2O3. The molecule has 0 saturated heterocycles. The monoisotopic (exact) mass is 406 g/mol.